The second-order valence-corrected chi connectivity index (χ2v) is 5.89. The Hall–Kier alpha value is -0.680. The van der Waals surface area contributed by atoms with E-state index in [1.165, 1.54) is 0 Å². The van der Waals surface area contributed by atoms with Gasteiger partial charge in [0.05, 0.1) is 11.0 Å². The van der Waals surface area contributed by atoms with Gasteiger partial charge >= 0.3 is 0 Å². The standard InChI is InChI=1S/C12H23N3OS/c1-12(2,11(14)17)6-8-15-7-4-3-5-9(15)10(13)16/h9H,3-8H2,1-2H3,(H2,13,16)(H2,14,17). The van der Waals surface area contributed by atoms with Crippen molar-refractivity contribution < 1.29 is 4.79 Å². The molecule has 1 saturated heterocycles. The summed E-state index contributed by atoms with van der Waals surface area (Å²) in [6.45, 7) is 5.86. The van der Waals surface area contributed by atoms with Gasteiger partial charge in [-0.2, -0.15) is 0 Å². The van der Waals surface area contributed by atoms with Crippen molar-refractivity contribution in [1.82, 2.24) is 4.90 Å². The molecule has 0 bridgehead atoms. The summed E-state index contributed by atoms with van der Waals surface area (Å²) in [4.78, 5) is 14.1. The molecule has 4 N–H and O–H groups in total. The minimum atomic E-state index is -0.210. The van der Waals surface area contributed by atoms with Gasteiger partial charge in [-0.3, -0.25) is 9.69 Å². The molecule has 4 nitrogen and oxygen atoms in total. The minimum Gasteiger partial charge on any atom is -0.393 e. The van der Waals surface area contributed by atoms with Gasteiger partial charge in [-0.1, -0.05) is 32.5 Å². The summed E-state index contributed by atoms with van der Waals surface area (Å²) < 4.78 is 0. The summed E-state index contributed by atoms with van der Waals surface area (Å²) in [6.07, 6.45) is 3.97. The highest BCUT2D eigenvalue weighted by molar-refractivity contribution is 7.80. The Labute approximate surface area is 109 Å². The second-order valence-electron chi connectivity index (χ2n) is 5.45. The van der Waals surface area contributed by atoms with Crippen LogP contribution in [0.15, 0.2) is 0 Å². The molecule has 1 aliphatic heterocycles. The van der Waals surface area contributed by atoms with Crippen LogP contribution in [-0.4, -0.2) is 34.9 Å². The quantitative estimate of drug-likeness (QED) is 0.722. The number of nitrogens with two attached hydrogens (primary N) is 2. The van der Waals surface area contributed by atoms with Gasteiger partial charge in [-0.15, -0.1) is 0 Å². The highest BCUT2D eigenvalue weighted by Crippen LogP contribution is 2.24. The largest absolute Gasteiger partial charge is 0.393 e. The van der Waals surface area contributed by atoms with Gasteiger partial charge in [-0.05, 0) is 32.4 Å². The van der Waals surface area contributed by atoms with Crippen molar-refractivity contribution in [2.24, 2.45) is 16.9 Å². The van der Waals surface area contributed by atoms with Crippen LogP contribution in [0, 0.1) is 5.41 Å². The molecule has 1 aliphatic rings. The van der Waals surface area contributed by atoms with E-state index in [0.29, 0.717) is 4.99 Å². The number of carbonyl (C=O) groups is 1. The van der Waals surface area contributed by atoms with E-state index >= 15 is 0 Å². The smallest absolute Gasteiger partial charge is 0.234 e. The van der Waals surface area contributed by atoms with Crippen LogP contribution >= 0.6 is 12.2 Å². The zero-order valence-corrected chi connectivity index (χ0v) is 11.6. The molecule has 0 saturated carbocycles. The van der Waals surface area contributed by atoms with Gasteiger partial charge in [-0.25, -0.2) is 0 Å². The monoisotopic (exact) mass is 257 g/mol. The van der Waals surface area contributed by atoms with E-state index in [-0.39, 0.29) is 17.4 Å². The highest BCUT2D eigenvalue weighted by Gasteiger charge is 2.29. The molecule has 0 aliphatic carbocycles. The maximum Gasteiger partial charge on any atom is 0.234 e. The maximum absolute atomic E-state index is 11.4. The minimum absolute atomic E-state index is 0.106. The Morgan fingerprint density at radius 3 is 2.59 bits per heavy atom. The van der Waals surface area contributed by atoms with Crippen LogP contribution in [0.2, 0.25) is 0 Å². The van der Waals surface area contributed by atoms with Crippen molar-refractivity contribution in [2.45, 2.75) is 45.6 Å². The lowest BCUT2D eigenvalue weighted by molar-refractivity contribution is -0.124. The SMILES string of the molecule is CC(C)(CCN1CCCCC1C(N)=O)C(N)=S. The molecule has 0 aromatic rings. The third kappa shape index (κ3) is 3.92. The molecule has 1 unspecified atom stereocenters. The zero-order valence-electron chi connectivity index (χ0n) is 10.7. The zero-order chi connectivity index (χ0) is 13.1. The third-order valence-corrected chi connectivity index (χ3v) is 4.19. The molecule has 1 rings (SSSR count). The van der Waals surface area contributed by atoms with Crippen LogP contribution in [0.25, 0.3) is 0 Å². The summed E-state index contributed by atoms with van der Waals surface area (Å²) >= 11 is 5.05. The molecule has 0 spiro atoms. The summed E-state index contributed by atoms with van der Waals surface area (Å²) in [7, 11) is 0. The van der Waals surface area contributed by atoms with Crippen LogP contribution in [0.1, 0.15) is 39.5 Å². The summed E-state index contributed by atoms with van der Waals surface area (Å²) in [5.74, 6) is -0.210. The van der Waals surface area contributed by atoms with E-state index in [4.69, 9.17) is 23.7 Å². The van der Waals surface area contributed by atoms with Crippen molar-refractivity contribution in [3.05, 3.63) is 0 Å². The third-order valence-electron chi connectivity index (χ3n) is 3.63. The molecule has 1 heterocycles. The molecule has 98 valence electrons. The summed E-state index contributed by atoms with van der Waals surface area (Å²) in [5, 5.41) is 0. The maximum atomic E-state index is 11.4. The first-order valence-electron chi connectivity index (χ1n) is 6.18. The number of amides is 1. The Morgan fingerprint density at radius 2 is 2.06 bits per heavy atom. The van der Waals surface area contributed by atoms with E-state index in [0.717, 1.165) is 38.8 Å². The first-order valence-corrected chi connectivity index (χ1v) is 6.58. The molecular weight excluding hydrogens is 234 g/mol. The first-order chi connectivity index (χ1) is 7.84. The number of hydrogen-bond acceptors (Lipinski definition) is 3. The normalized spacial score (nSPS) is 22.4. The number of rotatable bonds is 5. The van der Waals surface area contributed by atoms with Crippen LogP contribution in [-0.2, 0) is 4.79 Å². The Morgan fingerprint density at radius 1 is 1.41 bits per heavy atom. The van der Waals surface area contributed by atoms with Gasteiger partial charge in [0, 0.05) is 5.41 Å². The lowest BCUT2D eigenvalue weighted by atomic mass is 9.88. The second kappa shape index (κ2) is 5.78. The fraction of sp³-hybridized carbons (Fsp3) is 0.833. The predicted molar refractivity (Wildman–Crippen MR) is 73.6 cm³/mol. The molecule has 0 radical (unpaired) electrons. The van der Waals surface area contributed by atoms with E-state index in [1.54, 1.807) is 0 Å². The summed E-state index contributed by atoms with van der Waals surface area (Å²) in [6, 6.07) is -0.106. The molecule has 5 heteroatoms. The van der Waals surface area contributed by atoms with Gasteiger partial charge in [0.15, 0.2) is 0 Å². The van der Waals surface area contributed by atoms with Crippen molar-refractivity contribution in [2.75, 3.05) is 13.1 Å². The van der Waals surface area contributed by atoms with Gasteiger partial charge in [0.25, 0.3) is 0 Å². The van der Waals surface area contributed by atoms with Crippen LogP contribution < -0.4 is 11.5 Å². The summed E-state index contributed by atoms with van der Waals surface area (Å²) in [5.41, 5.74) is 11.0. The first kappa shape index (κ1) is 14.4. The van der Waals surface area contributed by atoms with Crippen molar-refractivity contribution in [3.63, 3.8) is 0 Å². The highest BCUT2D eigenvalue weighted by atomic mass is 32.1. The van der Waals surface area contributed by atoms with E-state index in [1.807, 2.05) is 13.8 Å². The molecule has 1 atom stereocenters. The molecule has 1 amide bonds. The number of thiocarbonyl (C=S) groups is 1. The van der Waals surface area contributed by atoms with Crippen LogP contribution in [0.4, 0.5) is 0 Å². The molecule has 1 fully saturated rings. The average Bonchev–Trinajstić information content (AvgIpc) is 2.26. The van der Waals surface area contributed by atoms with Gasteiger partial charge < -0.3 is 11.5 Å². The number of piperidine rings is 1. The number of hydrogen-bond donors (Lipinski definition) is 2. The van der Waals surface area contributed by atoms with E-state index in [9.17, 15) is 4.79 Å². The number of nitrogens with zero attached hydrogens (tertiary/aromatic N) is 1. The van der Waals surface area contributed by atoms with Crippen molar-refractivity contribution in [3.8, 4) is 0 Å². The number of primary amides is 1. The Bertz CT molecular complexity index is 304. The Balaban J connectivity index is 2.54. The van der Waals surface area contributed by atoms with Crippen molar-refractivity contribution >= 4 is 23.1 Å². The Kier molecular flexibility index (Phi) is 4.89. The van der Waals surface area contributed by atoms with Gasteiger partial charge in [0.2, 0.25) is 5.91 Å². The lowest BCUT2D eigenvalue weighted by Crippen LogP contribution is -2.49. The average molecular weight is 257 g/mol. The van der Waals surface area contributed by atoms with Crippen molar-refractivity contribution in [1.29, 1.82) is 0 Å². The number of likely N-dealkylation sites (tertiary alicyclic amines) is 1. The van der Waals surface area contributed by atoms with Crippen LogP contribution in [0.3, 0.4) is 0 Å². The fourth-order valence-corrected chi connectivity index (χ4v) is 2.23. The number of carbonyl (C=O) groups excluding carboxylic acids is 1. The fourth-order valence-electron chi connectivity index (χ4n) is 2.13. The lowest BCUT2D eigenvalue weighted by Gasteiger charge is -2.35. The van der Waals surface area contributed by atoms with Gasteiger partial charge in [0.1, 0.15) is 0 Å². The molecule has 0 aromatic carbocycles. The van der Waals surface area contributed by atoms with E-state index < -0.39 is 0 Å². The topological polar surface area (TPSA) is 72.3 Å². The molecular formula is C12H23N3OS. The molecule has 17 heavy (non-hydrogen) atoms. The predicted octanol–water partition coefficient (Wildman–Crippen LogP) is 1.03. The van der Waals surface area contributed by atoms with Crippen LogP contribution in [0.5, 0.6) is 0 Å². The van der Waals surface area contributed by atoms with E-state index in [2.05, 4.69) is 4.90 Å². The molecule has 0 aromatic heterocycles.